The smallest absolute Gasteiger partial charge is 0.119 e. The number of ether oxygens (including phenoxy) is 2. The fourth-order valence-electron chi connectivity index (χ4n) is 2.14. The van der Waals surface area contributed by atoms with Crippen LogP contribution < -0.4 is 9.47 Å². The Morgan fingerprint density at radius 1 is 0.720 bits per heavy atom. The van der Waals surface area contributed by atoms with E-state index in [2.05, 4.69) is 10.3 Å². The molecule has 2 aromatic rings. The Morgan fingerprint density at radius 3 is 1.40 bits per heavy atom. The number of hydrogen-bond acceptors (Lipinski definition) is 6. The van der Waals surface area contributed by atoms with E-state index in [9.17, 15) is 0 Å². The largest absolute Gasteiger partial charge is 0.493 e. The monoisotopic (exact) mass is 342 g/mol. The molecule has 0 heterocycles. The third-order valence-corrected chi connectivity index (χ3v) is 3.67. The van der Waals surface area contributed by atoms with E-state index in [4.69, 9.17) is 19.9 Å². The van der Waals surface area contributed by atoms with Crippen LogP contribution in [0.3, 0.4) is 0 Å². The highest BCUT2D eigenvalue weighted by Gasteiger charge is 2.01. The van der Waals surface area contributed by atoms with Gasteiger partial charge in [0.1, 0.15) is 11.5 Å². The molecule has 0 fully saturated rings. The molecular weight excluding hydrogens is 320 g/mol. The van der Waals surface area contributed by atoms with E-state index in [1.807, 2.05) is 48.5 Å². The van der Waals surface area contributed by atoms with Gasteiger partial charge in [-0.3, -0.25) is 0 Å². The summed E-state index contributed by atoms with van der Waals surface area (Å²) in [6.07, 6.45) is 0.748. The van der Waals surface area contributed by atoms with Crippen molar-refractivity contribution in [2.24, 2.45) is 10.3 Å². The SMILES string of the molecule is C/C(=N/O)c1ccc(OCCCOc2ccc(/C(C)=N/O)cc2)cc1. The van der Waals surface area contributed by atoms with Crippen molar-refractivity contribution in [2.75, 3.05) is 13.2 Å². The minimum Gasteiger partial charge on any atom is -0.493 e. The van der Waals surface area contributed by atoms with Crippen LogP contribution in [0.1, 0.15) is 31.4 Å². The van der Waals surface area contributed by atoms with E-state index < -0.39 is 0 Å². The van der Waals surface area contributed by atoms with E-state index in [0.717, 1.165) is 29.0 Å². The van der Waals surface area contributed by atoms with Crippen molar-refractivity contribution in [1.82, 2.24) is 0 Å². The van der Waals surface area contributed by atoms with Crippen molar-refractivity contribution >= 4 is 11.4 Å². The second-order valence-corrected chi connectivity index (χ2v) is 5.47. The zero-order chi connectivity index (χ0) is 18.1. The molecule has 2 rings (SSSR count). The number of nitrogens with zero attached hydrogens (tertiary/aromatic N) is 2. The Hall–Kier alpha value is -3.02. The molecule has 0 saturated heterocycles. The van der Waals surface area contributed by atoms with E-state index in [-0.39, 0.29) is 0 Å². The number of hydrogen-bond donors (Lipinski definition) is 2. The van der Waals surface area contributed by atoms with E-state index in [1.165, 1.54) is 0 Å². The zero-order valence-corrected chi connectivity index (χ0v) is 14.3. The van der Waals surface area contributed by atoms with Gasteiger partial charge in [-0.05, 0) is 73.5 Å². The normalized spacial score (nSPS) is 12.1. The maximum atomic E-state index is 8.73. The molecule has 0 spiro atoms. The molecule has 2 N–H and O–H groups in total. The predicted octanol–water partition coefficient (Wildman–Crippen LogP) is 3.93. The maximum absolute atomic E-state index is 8.73. The van der Waals surface area contributed by atoms with E-state index in [0.29, 0.717) is 24.6 Å². The predicted molar refractivity (Wildman–Crippen MR) is 96.5 cm³/mol. The van der Waals surface area contributed by atoms with E-state index in [1.54, 1.807) is 13.8 Å². The molecule has 0 aromatic heterocycles. The molecule has 0 aliphatic carbocycles. The first-order valence-corrected chi connectivity index (χ1v) is 7.98. The summed E-state index contributed by atoms with van der Waals surface area (Å²) in [6, 6.07) is 14.8. The lowest BCUT2D eigenvalue weighted by Gasteiger charge is -2.09. The lowest BCUT2D eigenvalue weighted by atomic mass is 10.1. The molecule has 6 nitrogen and oxygen atoms in total. The molecule has 0 saturated carbocycles. The summed E-state index contributed by atoms with van der Waals surface area (Å²) >= 11 is 0. The third kappa shape index (κ3) is 5.53. The molecule has 132 valence electrons. The van der Waals surface area contributed by atoms with Gasteiger partial charge in [0.15, 0.2) is 0 Å². The standard InChI is InChI=1S/C19H22N2O4/c1-14(20-22)16-4-8-18(9-5-16)24-12-3-13-25-19-10-6-17(7-11-19)15(2)21-23/h4-11,22-23H,3,12-13H2,1-2H3/b20-14-,21-15+. The molecular formula is C19H22N2O4. The first-order valence-electron chi connectivity index (χ1n) is 7.98. The average molecular weight is 342 g/mol. The van der Waals surface area contributed by atoms with Crippen molar-refractivity contribution in [3.8, 4) is 11.5 Å². The third-order valence-electron chi connectivity index (χ3n) is 3.67. The Morgan fingerprint density at radius 2 is 1.08 bits per heavy atom. The van der Waals surface area contributed by atoms with Crippen LogP contribution >= 0.6 is 0 Å². The molecule has 0 amide bonds. The highest BCUT2D eigenvalue weighted by molar-refractivity contribution is 5.98. The van der Waals surface area contributed by atoms with Gasteiger partial charge >= 0.3 is 0 Å². The fraction of sp³-hybridized carbons (Fsp3) is 0.263. The average Bonchev–Trinajstić information content (AvgIpc) is 2.67. The second kappa shape index (κ2) is 9.32. The minimum atomic E-state index is 0.542. The first kappa shape index (κ1) is 18.3. The number of oxime groups is 2. The van der Waals surface area contributed by atoms with Gasteiger partial charge in [0.05, 0.1) is 24.6 Å². The summed E-state index contributed by atoms with van der Waals surface area (Å²) in [5, 5.41) is 23.8. The summed E-state index contributed by atoms with van der Waals surface area (Å²) in [5.41, 5.74) is 2.82. The van der Waals surface area contributed by atoms with Crippen molar-refractivity contribution in [3.63, 3.8) is 0 Å². The number of benzene rings is 2. The summed E-state index contributed by atoms with van der Waals surface area (Å²) in [5.74, 6) is 1.52. The Kier molecular flexibility index (Phi) is 6.83. The number of rotatable bonds is 8. The highest BCUT2D eigenvalue weighted by Crippen LogP contribution is 2.15. The van der Waals surface area contributed by atoms with Crippen LogP contribution in [0.5, 0.6) is 11.5 Å². The Bertz CT molecular complexity index is 659. The topological polar surface area (TPSA) is 83.6 Å². The Labute approximate surface area is 147 Å². The van der Waals surface area contributed by atoms with Crippen LogP contribution in [0.2, 0.25) is 0 Å². The lowest BCUT2D eigenvalue weighted by molar-refractivity contribution is 0.247. The van der Waals surface area contributed by atoms with Crippen LogP contribution in [0, 0.1) is 0 Å². The summed E-state index contributed by atoms with van der Waals surface area (Å²) in [7, 11) is 0. The summed E-state index contributed by atoms with van der Waals surface area (Å²) < 4.78 is 11.3. The van der Waals surface area contributed by atoms with Crippen molar-refractivity contribution in [2.45, 2.75) is 20.3 Å². The first-order chi connectivity index (χ1) is 12.1. The van der Waals surface area contributed by atoms with Crippen LogP contribution in [0.4, 0.5) is 0 Å². The van der Waals surface area contributed by atoms with E-state index >= 15 is 0 Å². The van der Waals surface area contributed by atoms with Gasteiger partial charge in [-0.15, -0.1) is 0 Å². The molecule has 25 heavy (non-hydrogen) atoms. The highest BCUT2D eigenvalue weighted by atomic mass is 16.5. The van der Waals surface area contributed by atoms with Gasteiger partial charge < -0.3 is 19.9 Å². The van der Waals surface area contributed by atoms with Crippen LogP contribution in [-0.4, -0.2) is 35.1 Å². The van der Waals surface area contributed by atoms with Crippen molar-refractivity contribution < 1.29 is 19.9 Å². The van der Waals surface area contributed by atoms with Crippen LogP contribution in [-0.2, 0) is 0 Å². The molecule has 6 heteroatoms. The molecule has 0 atom stereocenters. The molecule has 0 bridgehead atoms. The quantitative estimate of drug-likeness (QED) is 0.329. The molecule has 2 aromatic carbocycles. The molecule has 0 aliphatic rings. The second-order valence-electron chi connectivity index (χ2n) is 5.47. The van der Waals surface area contributed by atoms with Gasteiger partial charge in [-0.1, -0.05) is 10.3 Å². The zero-order valence-electron chi connectivity index (χ0n) is 14.3. The van der Waals surface area contributed by atoms with Gasteiger partial charge in [0.25, 0.3) is 0 Å². The van der Waals surface area contributed by atoms with Crippen molar-refractivity contribution in [3.05, 3.63) is 59.7 Å². The minimum absolute atomic E-state index is 0.542. The van der Waals surface area contributed by atoms with Gasteiger partial charge in [0, 0.05) is 6.42 Å². The molecule has 0 aliphatic heterocycles. The van der Waals surface area contributed by atoms with Crippen molar-refractivity contribution in [1.29, 1.82) is 0 Å². The Balaban J connectivity index is 1.71. The summed E-state index contributed by atoms with van der Waals surface area (Å²) in [6.45, 7) is 4.55. The van der Waals surface area contributed by atoms with Gasteiger partial charge in [0.2, 0.25) is 0 Å². The fourth-order valence-corrected chi connectivity index (χ4v) is 2.14. The molecule has 0 radical (unpaired) electrons. The maximum Gasteiger partial charge on any atom is 0.119 e. The van der Waals surface area contributed by atoms with Gasteiger partial charge in [-0.25, -0.2) is 0 Å². The summed E-state index contributed by atoms with van der Waals surface area (Å²) in [4.78, 5) is 0. The van der Waals surface area contributed by atoms with Crippen LogP contribution in [0.15, 0.2) is 58.8 Å². The van der Waals surface area contributed by atoms with Gasteiger partial charge in [-0.2, -0.15) is 0 Å². The van der Waals surface area contributed by atoms with Crippen LogP contribution in [0.25, 0.3) is 0 Å². The molecule has 0 unspecified atom stereocenters. The lowest BCUT2D eigenvalue weighted by Crippen LogP contribution is -2.05.